The molecule has 2 aliphatic heterocycles. The number of carboxylic acids is 1. The fraction of sp³-hybridized carbons (Fsp3) is 0.463. The molecule has 0 saturated carbocycles. The first-order valence-electron chi connectivity index (χ1n) is 19.7. The van der Waals surface area contributed by atoms with Crippen molar-refractivity contribution < 1.29 is 61.8 Å². The van der Waals surface area contributed by atoms with Crippen molar-refractivity contribution in [2.45, 2.75) is 93.3 Å². The van der Waals surface area contributed by atoms with Crippen LogP contribution in [0.4, 0.5) is 11.4 Å². The number of fused-ring (bicyclic) bond motifs is 2. The molecule has 0 fully saturated rings. The topological polar surface area (TPSA) is 244 Å². The Morgan fingerprint density at radius 3 is 2.08 bits per heavy atom. The number of benzene rings is 2. The Morgan fingerprint density at radius 1 is 0.803 bits per heavy atom. The van der Waals surface area contributed by atoms with E-state index in [0.29, 0.717) is 22.5 Å². The molecule has 16 nitrogen and oxygen atoms in total. The molecule has 0 atom stereocenters. The van der Waals surface area contributed by atoms with Gasteiger partial charge in [0.1, 0.15) is 6.54 Å². The highest BCUT2D eigenvalue weighted by atomic mass is 32.2. The molecule has 61 heavy (non-hydrogen) atoms. The van der Waals surface area contributed by atoms with Crippen molar-refractivity contribution in [3.63, 3.8) is 0 Å². The number of carbonyl (C=O) groups is 1. The highest BCUT2D eigenvalue weighted by Crippen LogP contribution is 2.49. The molecule has 4 N–H and O–H groups in total. The van der Waals surface area contributed by atoms with E-state index in [9.17, 15) is 52.1 Å². The van der Waals surface area contributed by atoms with Crippen molar-refractivity contribution in [1.82, 2.24) is 4.31 Å². The van der Waals surface area contributed by atoms with Crippen molar-refractivity contribution >= 4 is 63.4 Å². The minimum atomic E-state index is -4.50. The van der Waals surface area contributed by atoms with E-state index in [1.165, 1.54) is 25.2 Å². The van der Waals surface area contributed by atoms with Gasteiger partial charge in [-0.2, -0.15) is 29.8 Å². The number of nitrogens with zero attached hydrogens (tertiary/aromatic N) is 3. The molecule has 5 rings (SSSR count). The van der Waals surface area contributed by atoms with E-state index in [0.717, 1.165) is 46.1 Å². The van der Waals surface area contributed by atoms with Crippen LogP contribution in [0.5, 0.6) is 0 Å². The lowest BCUT2D eigenvalue weighted by Gasteiger charge is -2.27. The van der Waals surface area contributed by atoms with Gasteiger partial charge in [-0.3, -0.25) is 18.5 Å². The number of hydrogen-bond acceptors (Lipinski definition) is 10. The van der Waals surface area contributed by atoms with Crippen LogP contribution in [0.25, 0.3) is 0 Å². The second kappa shape index (κ2) is 18.0. The van der Waals surface area contributed by atoms with Crippen LogP contribution in [0.1, 0.15) is 83.8 Å². The number of aliphatic carboxylic acids is 1. The molecular weight excluding hydrogens is 871 g/mol. The van der Waals surface area contributed by atoms with E-state index >= 15 is 0 Å². The van der Waals surface area contributed by atoms with Crippen LogP contribution in [0.2, 0.25) is 0 Å². The summed E-state index contributed by atoms with van der Waals surface area (Å²) in [6.07, 6.45) is 12.3. The summed E-state index contributed by atoms with van der Waals surface area (Å²) in [5.41, 5.74) is 4.60. The normalized spacial score (nSPS) is 19.3. The minimum absolute atomic E-state index is 0.0121. The van der Waals surface area contributed by atoms with Gasteiger partial charge in [-0.1, -0.05) is 32.1 Å². The number of allylic oxidation sites excluding steroid dienone is 8. The van der Waals surface area contributed by atoms with Gasteiger partial charge in [-0.15, -0.1) is 0 Å². The summed E-state index contributed by atoms with van der Waals surface area (Å²) in [5, 5.41) is 9.01. The molecule has 334 valence electrons. The third-order valence-electron chi connectivity index (χ3n) is 11.4. The summed E-state index contributed by atoms with van der Waals surface area (Å²) < 4.78 is 129. The number of sulfonamides is 1. The van der Waals surface area contributed by atoms with Crippen molar-refractivity contribution in [2.75, 3.05) is 43.1 Å². The SMILES string of the molecule is CN(CCCC(=O)O)S(=O)(=O)c1ccc2c(c1)C(C)(C)/C(=C\C=C1C=C(/C=C/C3=[N+](CCCS(=O)(=O)O)c4ccc(S(=O)(=O)O)cc4C3(C)C)CCC\1)N2CCCS(=O)(=O)O. The average Bonchev–Trinajstić information content (AvgIpc) is 3.48. The first kappa shape index (κ1) is 48.0. The van der Waals surface area contributed by atoms with Crippen LogP contribution in [0, 0.1) is 0 Å². The summed E-state index contributed by atoms with van der Waals surface area (Å²) >= 11 is 0. The van der Waals surface area contributed by atoms with Gasteiger partial charge in [0.2, 0.25) is 15.7 Å². The lowest BCUT2D eigenvalue weighted by molar-refractivity contribution is -0.437. The molecule has 2 heterocycles. The Hall–Kier alpha value is -4.02. The third-order valence-corrected chi connectivity index (χ3v) is 15.7. The van der Waals surface area contributed by atoms with Gasteiger partial charge in [-0.05, 0) is 99.1 Å². The quantitative estimate of drug-likeness (QED) is 0.105. The lowest BCUT2D eigenvalue weighted by Crippen LogP contribution is -2.28. The maximum absolute atomic E-state index is 13.6. The summed E-state index contributed by atoms with van der Waals surface area (Å²) in [6, 6.07) is 9.02. The Kier molecular flexibility index (Phi) is 14.2. The summed E-state index contributed by atoms with van der Waals surface area (Å²) in [4.78, 5) is 12.7. The van der Waals surface area contributed by atoms with E-state index in [1.807, 2.05) is 61.5 Å². The van der Waals surface area contributed by atoms with Crippen molar-refractivity contribution in [3.8, 4) is 0 Å². The summed E-state index contributed by atoms with van der Waals surface area (Å²) in [5.74, 6) is -1.97. The van der Waals surface area contributed by atoms with Crippen LogP contribution in [-0.2, 0) is 56.0 Å². The molecule has 0 aromatic heterocycles. The molecular formula is C41H54N3O13S4+. The maximum Gasteiger partial charge on any atom is 0.303 e. The van der Waals surface area contributed by atoms with Gasteiger partial charge < -0.3 is 10.0 Å². The Bertz CT molecular complexity index is 2700. The smallest absolute Gasteiger partial charge is 0.303 e. The third kappa shape index (κ3) is 11.3. The molecule has 0 amide bonds. The van der Waals surface area contributed by atoms with E-state index in [2.05, 4.69) is 6.08 Å². The van der Waals surface area contributed by atoms with Crippen molar-refractivity contribution in [3.05, 3.63) is 94.7 Å². The Labute approximate surface area is 359 Å². The van der Waals surface area contributed by atoms with E-state index in [1.54, 1.807) is 18.2 Å². The number of rotatable bonds is 18. The fourth-order valence-electron chi connectivity index (χ4n) is 8.19. The number of hydrogen-bond donors (Lipinski definition) is 4. The predicted molar refractivity (Wildman–Crippen MR) is 232 cm³/mol. The average molecular weight is 925 g/mol. The van der Waals surface area contributed by atoms with Crippen LogP contribution in [0.3, 0.4) is 0 Å². The predicted octanol–water partition coefficient (Wildman–Crippen LogP) is 5.63. The van der Waals surface area contributed by atoms with Crippen molar-refractivity contribution in [1.29, 1.82) is 0 Å². The molecule has 20 heteroatoms. The van der Waals surface area contributed by atoms with Gasteiger partial charge in [0.15, 0.2) is 5.71 Å². The van der Waals surface area contributed by atoms with Crippen LogP contribution >= 0.6 is 0 Å². The Morgan fingerprint density at radius 2 is 1.44 bits per heavy atom. The highest BCUT2D eigenvalue weighted by Gasteiger charge is 2.45. The molecule has 2 aromatic carbocycles. The zero-order chi connectivity index (χ0) is 45.3. The number of anilines is 1. The molecule has 0 saturated heterocycles. The molecule has 0 spiro atoms. The fourth-order valence-corrected chi connectivity index (χ4v) is 10.9. The van der Waals surface area contributed by atoms with E-state index in [4.69, 9.17) is 5.11 Å². The first-order valence-corrected chi connectivity index (χ1v) is 25.8. The van der Waals surface area contributed by atoms with Crippen LogP contribution < -0.4 is 4.90 Å². The van der Waals surface area contributed by atoms with Crippen LogP contribution in [0.15, 0.2) is 93.4 Å². The van der Waals surface area contributed by atoms with Crippen LogP contribution in [-0.4, -0.2) is 111 Å². The number of carboxylic acid groups (broad SMARTS) is 1. The standard InChI is InChI=1S/C41H53N3O13S4/c1-40(2)33-27-31(60(53,54)42(5)21-7-12-39(45)46)15-17-35(33)43(22-8-24-58(47,48)49)37(40)19-13-29-10-6-11-30(26-29)14-20-38-41(3,4)34-28-32(61(55,56)57)16-18-36(34)44(38)23-9-25-59(50,51)52/h13-20,26-28H,6-12,21-25H2,1-5H3,(H3-,45,46,47,48,49,50,51,52,55,56,57)/p+1. The summed E-state index contributed by atoms with van der Waals surface area (Å²) in [7, 11) is -15.6. The monoisotopic (exact) mass is 924 g/mol. The Balaban J connectivity index is 1.50. The molecule has 0 radical (unpaired) electrons. The molecule has 1 aliphatic carbocycles. The first-order chi connectivity index (χ1) is 28.1. The van der Waals surface area contributed by atoms with Gasteiger partial charge in [0.25, 0.3) is 30.4 Å². The van der Waals surface area contributed by atoms with E-state index < -0.39 is 68.7 Å². The largest absolute Gasteiger partial charge is 0.481 e. The zero-order valence-corrected chi connectivity index (χ0v) is 38.0. The van der Waals surface area contributed by atoms with Gasteiger partial charge in [-0.25, -0.2) is 12.7 Å². The molecule has 2 aromatic rings. The zero-order valence-electron chi connectivity index (χ0n) is 34.8. The minimum Gasteiger partial charge on any atom is -0.481 e. The van der Waals surface area contributed by atoms with E-state index in [-0.39, 0.29) is 55.1 Å². The lowest BCUT2D eigenvalue weighted by atomic mass is 9.81. The second-order valence-corrected chi connectivity index (χ2v) is 23.2. The van der Waals surface area contributed by atoms with Gasteiger partial charge in [0.05, 0.1) is 26.7 Å². The highest BCUT2D eigenvalue weighted by molar-refractivity contribution is 7.89. The van der Waals surface area contributed by atoms with Crippen molar-refractivity contribution in [2.24, 2.45) is 0 Å². The maximum atomic E-state index is 13.6. The molecule has 0 bridgehead atoms. The second-order valence-electron chi connectivity index (χ2n) is 16.6. The molecule has 3 aliphatic rings. The van der Waals surface area contributed by atoms with Gasteiger partial charge >= 0.3 is 5.97 Å². The van der Waals surface area contributed by atoms with Gasteiger partial charge in [0, 0.05) is 67.5 Å². The summed E-state index contributed by atoms with van der Waals surface area (Å²) in [6.45, 7) is 8.10. The molecule has 0 unspecified atom stereocenters.